The van der Waals surface area contributed by atoms with E-state index in [4.69, 9.17) is 15.9 Å². The van der Waals surface area contributed by atoms with Crippen molar-refractivity contribution in [3.05, 3.63) is 59.7 Å². The van der Waals surface area contributed by atoms with Crippen molar-refractivity contribution in [1.82, 2.24) is 5.32 Å². The molecular formula is C18H17NO3. The zero-order valence-corrected chi connectivity index (χ0v) is 12.3. The summed E-state index contributed by atoms with van der Waals surface area (Å²) in [4.78, 5) is 12.0. The van der Waals surface area contributed by atoms with Crippen LogP contribution in [-0.2, 0) is 6.61 Å². The molecule has 0 aliphatic heterocycles. The van der Waals surface area contributed by atoms with Gasteiger partial charge in [0.25, 0.3) is 5.91 Å². The normalized spacial score (nSPS) is 9.64. The van der Waals surface area contributed by atoms with E-state index in [1.165, 1.54) is 0 Å². The highest BCUT2D eigenvalue weighted by Gasteiger charge is 2.11. The first-order valence-electron chi connectivity index (χ1n) is 6.81. The number of hydrogen-bond acceptors (Lipinski definition) is 3. The molecule has 0 saturated carbocycles. The fourth-order valence-corrected chi connectivity index (χ4v) is 1.89. The lowest BCUT2D eigenvalue weighted by Gasteiger charge is -2.11. The minimum Gasteiger partial charge on any atom is -0.497 e. The summed E-state index contributed by atoms with van der Waals surface area (Å²) >= 11 is 0. The van der Waals surface area contributed by atoms with Gasteiger partial charge in [0.1, 0.15) is 18.1 Å². The standard InChI is InChI=1S/C18H17NO3/c1-3-12-19-18(20)16-6-4-5-7-17(16)22-13-14-8-10-15(21-2)11-9-14/h1,4-11H,12-13H2,2H3,(H,19,20). The first-order valence-corrected chi connectivity index (χ1v) is 6.81. The molecule has 0 saturated heterocycles. The number of amides is 1. The lowest BCUT2D eigenvalue weighted by atomic mass is 10.2. The Hall–Kier alpha value is -2.93. The van der Waals surface area contributed by atoms with Crippen molar-refractivity contribution in [3.8, 4) is 23.8 Å². The lowest BCUT2D eigenvalue weighted by molar-refractivity contribution is 0.0954. The van der Waals surface area contributed by atoms with Gasteiger partial charge in [-0.2, -0.15) is 0 Å². The van der Waals surface area contributed by atoms with Gasteiger partial charge in [-0.05, 0) is 29.8 Å². The molecule has 0 aliphatic rings. The maximum absolute atomic E-state index is 12.0. The topological polar surface area (TPSA) is 47.6 Å². The summed E-state index contributed by atoms with van der Waals surface area (Å²) in [6.45, 7) is 0.551. The third-order valence-electron chi connectivity index (χ3n) is 3.04. The maximum Gasteiger partial charge on any atom is 0.255 e. The molecule has 0 aliphatic carbocycles. The van der Waals surface area contributed by atoms with E-state index in [2.05, 4.69) is 11.2 Å². The number of terminal acetylenes is 1. The van der Waals surface area contributed by atoms with Crippen molar-refractivity contribution in [2.75, 3.05) is 13.7 Å². The molecule has 1 N–H and O–H groups in total. The second-order valence-electron chi connectivity index (χ2n) is 4.52. The molecule has 4 nitrogen and oxygen atoms in total. The Bertz CT molecular complexity index is 671. The number of para-hydroxylation sites is 1. The van der Waals surface area contributed by atoms with Crippen molar-refractivity contribution >= 4 is 5.91 Å². The van der Waals surface area contributed by atoms with Crippen LogP contribution in [0, 0.1) is 12.3 Å². The summed E-state index contributed by atoms with van der Waals surface area (Å²) in [7, 11) is 1.62. The quantitative estimate of drug-likeness (QED) is 0.833. The molecule has 22 heavy (non-hydrogen) atoms. The number of ether oxygens (including phenoxy) is 2. The molecule has 0 atom stereocenters. The maximum atomic E-state index is 12.0. The average Bonchev–Trinajstić information content (AvgIpc) is 2.58. The van der Waals surface area contributed by atoms with Crippen LogP contribution < -0.4 is 14.8 Å². The van der Waals surface area contributed by atoms with Crippen LogP contribution in [0.4, 0.5) is 0 Å². The molecule has 1 amide bonds. The lowest BCUT2D eigenvalue weighted by Crippen LogP contribution is -2.24. The molecule has 0 heterocycles. The van der Waals surface area contributed by atoms with Gasteiger partial charge in [0.2, 0.25) is 0 Å². The molecule has 0 fully saturated rings. The van der Waals surface area contributed by atoms with Crippen LogP contribution >= 0.6 is 0 Å². The molecule has 0 radical (unpaired) electrons. The molecule has 2 rings (SSSR count). The average molecular weight is 295 g/mol. The van der Waals surface area contributed by atoms with Crippen molar-refractivity contribution in [2.45, 2.75) is 6.61 Å². The first kappa shape index (κ1) is 15.5. The number of carbonyl (C=O) groups is 1. The zero-order chi connectivity index (χ0) is 15.8. The highest BCUT2D eigenvalue weighted by Crippen LogP contribution is 2.20. The third kappa shape index (κ3) is 4.03. The first-order chi connectivity index (χ1) is 10.7. The van der Waals surface area contributed by atoms with Gasteiger partial charge in [-0.25, -0.2) is 0 Å². The van der Waals surface area contributed by atoms with Crippen LogP contribution in [0.15, 0.2) is 48.5 Å². The van der Waals surface area contributed by atoms with Crippen LogP contribution in [0.3, 0.4) is 0 Å². The zero-order valence-electron chi connectivity index (χ0n) is 12.3. The van der Waals surface area contributed by atoms with E-state index < -0.39 is 0 Å². The number of hydrogen-bond donors (Lipinski definition) is 1. The van der Waals surface area contributed by atoms with Gasteiger partial charge in [0, 0.05) is 0 Å². The van der Waals surface area contributed by atoms with E-state index in [0.717, 1.165) is 11.3 Å². The van der Waals surface area contributed by atoms with Crippen molar-refractivity contribution in [3.63, 3.8) is 0 Å². The number of carbonyl (C=O) groups excluding carboxylic acids is 1. The Morgan fingerprint density at radius 3 is 2.59 bits per heavy atom. The molecule has 0 bridgehead atoms. The fraction of sp³-hybridized carbons (Fsp3) is 0.167. The fourth-order valence-electron chi connectivity index (χ4n) is 1.89. The smallest absolute Gasteiger partial charge is 0.255 e. The Labute approximate surface area is 130 Å². The van der Waals surface area contributed by atoms with E-state index in [0.29, 0.717) is 17.9 Å². The number of benzene rings is 2. The predicted octanol–water partition coefficient (Wildman–Crippen LogP) is 2.64. The van der Waals surface area contributed by atoms with Gasteiger partial charge in [-0.3, -0.25) is 4.79 Å². The number of nitrogens with one attached hydrogen (secondary N) is 1. The van der Waals surface area contributed by atoms with Gasteiger partial charge >= 0.3 is 0 Å². The minimum absolute atomic E-state index is 0.186. The molecule has 0 spiro atoms. The predicted molar refractivity (Wildman–Crippen MR) is 84.9 cm³/mol. The van der Waals surface area contributed by atoms with Crippen molar-refractivity contribution in [2.24, 2.45) is 0 Å². The Morgan fingerprint density at radius 1 is 1.18 bits per heavy atom. The summed E-state index contributed by atoms with van der Waals surface area (Å²) in [6, 6.07) is 14.6. The summed E-state index contributed by atoms with van der Waals surface area (Å²) in [5, 5.41) is 2.63. The third-order valence-corrected chi connectivity index (χ3v) is 3.04. The second kappa shape index (κ2) is 7.75. The summed E-state index contributed by atoms with van der Waals surface area (Å²) < 4.78 is 10.9. The monoisotopic (exact) mass is 295 g/mol. The van der Waals surface area contributed by atoms with E-state index in [1.54, 1.807) is 25.3 Å². The van der Waals surface area contributed by atoms with E-state index in [9.17, 15) is 4.79 Å². The van der Waals surface area contributed by atoms with Gasteiger partial charge < -0.3 is 14.8 Å². The van der Waals surface area contributed by atoms with Gasteiger partial charge in [0.05, 0.1) is 19.2 Å². The van der Waals surface area contributed by atoms with Gasteiger partial charge in [-0.1, -0.05) is 30.2 Å². The molecule has 0 unspecified atom stereocenters. The molecule has 0 aromatic heterocycles. The van der Waals surface area contributed by atoms with Crippen molar-refractivity contribution in [1.29, 1.82) is 0 Å². The van der Waals surface area contributed by atoms with E-state index in [1.807, 2.05) is 30.3 Å². The second-order valence-corrected chi connectivity index (χ2v) is 4.52. The Balaban J connectivity index is 2.06. The Morgan fingerprint density at radius 2 is 1.91 bits per heavy atom. The van der Waals surface area contributed by atoms with Gasteiger partial charge in [-0.15, -0.1) is 6.42 Å². The van der Waals surface area contributed by atoms with E-state index in [-0.39, 0.29) is 12.5 Å². The van der Waals surface area contributed by atoms with Crippen LogP contribution in [0.5, 0.6) is 11.5 Å². The number of methoxy groups -OCH3 is 1. The van der Waals surface area contributed by atoms with E-state index >= 15 is 0 Å². The SMILES string of the molecule is C#CCNC(=O)c1ccccc1OCc1ccc(OC)cc1. The Kier molecular flexibility index (Phi) is 5.44. The summed E-state index contributed by atoms with van der Waals surface area (Å²) in [5.74, 6) is 3.44. The van der Waals surface area contributed by atoms with Crippen LogP contribution in [-0.4, -0.2) is 19.6 Å². The summed E-state index contributed by atoms with van der Waals surface area (Å²) in [5.41, 5.74) is 1.45. The highest BCUT2D eigenvalue weighted by atomic mass is 16.5. The van der Waals surface area contributed by atoms with Crippen molar-refractivity contribution < 1.29 is 14.3 Å². The molecular weight excluding hydrogens is 278 g/mol. The summed E-state index contributed by atoms with van der Waals surface area (Å²) in [6.07, 6.45) is 5.15. The molecule has 112 valence electrons. The van der Waals surface area contributed by atoms with Crippen LogP contribution in [0.1, 0.15) is 15.9 Å². The van der Waals surface area contributed by atoms with Crippen LogP contribution in [0.25, 0.3) is 0 Å². The largest absolute Gasteiger partial charge is 0.497 e. The number of rotatable bonds is 6. The molecule has 4 heteroatoms. The highest BCUT2D eigenvalue weighted by molar-refractivity contribution is 5.97. The molecule has 2 aromatic carbocycles. The van der Waals surface area contributed by atoms with Gasteiger partial charge in [0.15, 0.2) is 0 Å². The minimum atomic E-state index is -0.247. The van der Waals surface area contributed by atoms with Crippen LogP contribution in [0.2, 0.25) is 0 Å². The molecule has 2 aromatic rings.